The lowest BCUT2D eigenvalue weighted by atomic mass is 10.1. The first-order valence-corrected chi connectivity index (χ1v) is 8.04. The molecule has 0 bridgehead atoms. The number of benzene rings is 1. The number of nitrogens with two attached hydrogens (primary N) is 1. The minimum Gasteiger partial charge on any atom is -0.389 e. The van der Waals surface area contributed by atoms with Crippen LogP contribution in [0, 0.1) is 0 Å². The molecule has 1 rings (SSSR count). The van der Waals surface area contributed by atoms with Crippen LogP contribution in [-0.2, 0) is 16.8 Å². The largest absolute Gasteiger partial charge is 0.389 e. The van der Waals surface area contributed by atoms with E-state index in [1.807, 2.05) is 32.0 Å². The van der Waals surface area contributed by atoms with Gasteiger partial charge in [0.25, 0.3) is 10.2 Å². The fourth-order valence-corrected chi connectivity index (χ4v) is 3.06. The van der Waals surface area contributed by atoms with Gasteiger partial charge in [0.1, 0.15) is 4.99 Å². The molecule has 0 saturated heterocycles. The van der Waals surface area contributed by atoms with Crippen molar-refractivity contribution < 1.29 is 8.42 Å². The van der Waals surface area contributed by atoms with Crippen LogP contribution in [0.2, 0.25) is 0 Å². The van der Waals surface area contributed by atoms with Crippen LogP contribution in [0.1, 0.15) is 25.0 Å². The van der Waals surface area contributed by atoms with Crippen molar-refractivity contribution in [2.75, 3.05) is 14.1 Å². The van der Waals surface area contributed by atoms with E-state index in [2.05, 4.69) is 0 Å². The predicted molar refractivity (Wildman–Crippen MR) is 85.6 cm³/mol. The molecule has 0 aliphatic rings. The highest BCUT2D eigenvalue weighted by Gasteiger charge is 2.25. The van der Waals surface area contributed by atoms with Gasteiger partial charge in [0.2, 0.25) is 0 Å². The van der Waals surface area contributed by atoms with Crippen molar-refractivity contribution >= 4 is 27.4 Å². The molecule has 0 spiro atoms. The van der Waals surface area contributed by atoms with E-state index in [0.717, 1.165) is 11.1 Å². The molecule has 20 heavy (non-hydrogen) atoms. The van der Waals surface area contributed by atoms with Gasteiger partial charge in [-0.1, -0.05) is 30.4 Å². The van der Waals surface area contributed by atoms with Gasteiger partial charge < -0.3 is 5.73 Å². The van der Waals surface area contributed by atoms with Gasteiger partial charge in [0, 0.05) is 32.2 Å². The fraction of sp³-hybridized carbons (Fsp3) is 0.462. The highest BCUT2D eigenvalue weighted by atomic mass is 32.2. The molecule has 0 fully saturated rings. The Morgan fingerprint density at radius 2 is 1.95 bits per heavy atom. The molecule has 0 saturated carbocycles. The topological polar surface area (TPSA) is 66.6 Å². The first-order chi connectivity index (χ1) is 9.16. The lowest BCUT2D eigenvalue weighted by Crippen LogP contribution is -2.42. The molecule has 112 valence electrons. The SMILES string of the molecule is CC(C)N(C)S(=O)(=O)N(C)Cc1cccc(C(N)=S)c1. The Kier molecular flexibility index (Phi) is 5.64. The smallest absolute Gasteiger partial charge is 0.282 e. The second kappa shape index (κ2) is 6.62. The average molecular weight is 315 g/mol. The van der Waals surface area contributed by atoms with Crippen LogP contribution in [-0.4, -0.2) is 42.2 Å². The summed E-state index contributed by atoms with van der Waals surface area (Å²) >= 11 is 4.92. The van der Waals surface area contributed by atoms with Crippen molar-refractivity contribution in [2.45, 2.75) is 26.4 Å². The van der Waals surface area contributed by atoms with Crippen LogP contribution < -0.4 is 5.73 Å². The molecule has 0 aliphatic heterocycles. The van der Waals surface area contributed by atoms with E-state index in [4.69, 9.17) is 18.0 Å². The highest BCUT2D eigenvalue weighted by Crippen LogP contribution is 2.13. The maximum Gasteiger partial charge on any atom is 0.282 e. The zero-order valence-corrected chi connectivity index (χ0v) is 13.8. The normalized spacial score (nSPS) is 12.3. The lowest BCUT2D eigenvalue weighted by Gasteiger charge is -2.27. The summed E-state index contributed by atoms with van der Waals surface area (Å²) in [6.07, 6.45) is 0. The predicted octanol–water partition coefficient (Wildman–Crippen LogP) is 1.34. The van der Waals surface area contributed by atoms with Crippen LogP contribution in [0.3, 0.4) is 0 Å². The number of hydrogen-bond donors (Lipinski definition) is 1. The summed E-state index contributed by atoms with van der Waals surface area (Å²) in [5.41, 5.74) is 7.16. The number of thiocarbonyl (C=S) groups is 1. The highest BCUT2D eigenvalue weighted by molar-refractivity contribution is 7.86. The van der Waals surface area contributed by atoms with Crippen LogP contribution in [0.5, 0.6) is 0 Å². The van der Waals surface area contributed by atoms with Crippen LogP contribution in [0.25, 0.3) is 0 Å². The van der Waals surface area contributed by atoms with Gasteiger partial charge >= 0.3 is 0 Å². The van der Waals surface area contributed by atoms with Crippen LogP contribution >= 0.6 is 12.2 Å². The molecule has 0 aromatic heterocycles. The summed E-state index contributed by atoms with van der Waals surface area (Å²) in [5, 5.41) is 0. The van der Waals surface area contributed by atoms with E-state index in [1.165, 1.54) is 8.61 Å². The monoisotopic (exact) mass is 315 g/mol. The van der Waals surface area contributed by atoms with Crippen molar-refractivity contribution in [2.24, 2.45) is 5.73 Å². The van der Waals surface area contributed by atoms with E-state index in [0.29, 0.717) is 4.99 Å². The van der Waals surface area contributed by atoms with E-state index in [9.17, 15) is 8.42 Å². The Labute approximate surface area is 126 Å². The second-order valence-electron chi connectivity index (χ2n) is 4.94. The molecule has 5 nitrogen and oxygen atoms in total. The van der Waals surface area contributed by atoms with Gasteiger partial charge in [-0.3, -0.25) is 0 Å². The third-order valence-corrected chi connectivity index (χ3v) is 5.40. The minimum atomic E-state index is -3.47. The maximum absolute atomic E-state index is 12.3. The van der Waals surface area contributed by atoms with Crippen molar-refractivity contribution in [3.63, 3.8) is 0 Å². The zero-order valence-electron chi connectivity index (χ0n) is 12.2. The van der Waals surface area contributed by atoms with Gasteiger partial charge in [0.15, 0.2) is 0 Å². The first kappa shape index (κ1) is 17.0. The summed E-state index contributed by atoms with van der Waals surface area (Å²) in [4.78, 5) is 0.302. The number of nitrogens with zero attached hydrogens (tertiary/aromatic N) is 2. The third kappa shape index (κ3) is 3.99. The van der Waals surface area contributed by atoms with Crippen molar-refractivity contribution in [3.8, 4) is 0 Å². The summed E-state index contributed by atoms with van der Waals surface area (Å²) < 4.78 is 27.2. The molecule has 2 N–H and O–H groups in total. The summed E-state index contributed by atoms with van der Waals surface area (Å²) in [7, 11) is -0.338. The molecule has 1 aromatic rings. The molecule has 0 heterocycles. The quantitative estimate of drug-likeness (QED) is 0.805. The lowest BCUT2D eigenvalue weighted by molar-refractivity contribution is 0.355. The summed E-state index contributed by atoms with van der Waals surface area (Å²) in [6, 6.07) is 7.19. The van der Waals surface area contributed by atoms with Gasteiger partial charge in [0.05, 0.1) is 0 Å². The van der Waals surface area contributed by atoms with Crippen molar-refractivity contribution in [3.05, 3.63) is 35.4 Å². The standard InChI is InChI=1S/C13H21N3O2S2/c1-10(2)16(4)20(17,18)15(3)9-11-6-5-7-12(8-11)13(14)19/h5-8,10H,9H2,1-4H3,(H2,14,19). The van der Waals surface area contributed by atoms with E-state index in [-0.39, 0.29) is 12.6 Å². The molecule has 1 aromatic carbocycles. The average Bonchev–Trinajstić information content (AvgIpc) is 2.37. The number of rotatable bonds is 6. The molecular formula is C13H21N3O2S2. The molecule has 0 radical (unpaired) electrons. The Hall–Kier alpha value is -1.02. The van der Waals surface area contributed by atoms with Crippen LogP contribution in [0.4, 0.5) is 0 Å². The van der Waals surface area contributed by atoms with Crippen molar-refractivity contribution in [1.82, 2.24) is 8.61 Å². The number of hydrogen-bond acceptors (Lipinski definition) is 3. The van der Waals surface area contributed by atoms with E-state index in [1.54, 1.807) is 20.2 Å². The molecule has 0 aliphatic carbocycles. The molecular weight excluding hydrogens is 294 g/mol. The van der Waals surface area contributed by atoms with Crippen LogP contribution in [0.15, 0.2) is 24.3 Å². The minimum absolute atomic E-state index is 0.0922. The third-order valence-electron chi connectivity index (χ3n) is 3.10. The zero-order chi connectivity index (χ0) is 15.5. The molecule has 0 atom stereocenters. The Morgan fingerprint density at radius 3 is 2.45 bits per heavy atom. The molecule has 0 amide bonds. The van der Waals surface area contributed by atoms with Gasteiger partial charge in [-0.05, 0) is 25.5 Å². The second-order valence-corrected chi connectivity index (χ2v) is 7.47. The Morgan fingerprint density at radius 1 is 1.35 bits per heavy atom. The molecule has 7 heteroatoms. The first-order valence-electron chi connectivity index (χ1n) is 6.24. The van der Waals surface area contributed by atoms with E-state index < -0.39 is 10.2 Å². The Balaban J connectivity index is 2.93. The summed E-state index contributed by atoms with van der Waals surface area (Å²) in [6.45, 7) is 3.94. The van der Waals surface area contributed by atoms with Gasteiger partial charge in [-0.15, -0.1) is 0 Å². The van der Waals surface area contributed by atoms with E-state index >= 15 is 0 Å². The summed E-state index contributed by atoms with van der Waals surface area (Å²) in [5.74, 6) is 0. The van der Waals surface area contributed by atoms with Gasteiger partial charge in [-0.2, -0.15) is 17.0 Å². The Bertz CT molecular complexity index is 585. The fourth-order valence-electron chi connectivity index (χ4n) is 1.65. The molecule has 0 unspecified atom stereocenters. The van der Waals surface area contributed by atoms with Gasteiger partial charge in [-0.25, -0.2) is 0 Å². The van der Waals surface area contributed by atoms with Crippen molar-refractivity contribution in [1.29, 1.82) is 0 Å². The maximum atomic E-state index is 12.3.